The lowest BCUT2D eigenvalue weighted by Gasteiger charge is -2.23. The summed E-state index contributed by atoms with van der Waals surface area (Å²) in [5.41, 5.74) is 0. The zero-order valence-corrected chi connectivity index (χ0v) is 15.3. The van der Waals surface area contributed by atoms with Crippen LogP contribution in [0.3, 0.4) is 0 Å². The number of carbonyl (C=O) groups is 2. The number of carboxylic acid groups (broad SMARTS) is 1. The third-order valence-corrected chi connectivity index (χ3v) is 5.08. The molecule has 0 amide bonds. The van der Waals surface area contributed by atoms with Crippen molar-refractivity contribution in [3.8, 4) is 0 Å². The molecule has 1 aliphatic carbocycles. The molecule has 0 saturated heterocycles. The molecule has 24 heavy (non-hydrogen) atoms. The third-order valence-electron chi connectivity index (χ3n) is 5.08. The molecule has 3 unspecified atom stereocenters. The van der Waals surface area contributed by atoms with E-state index in [1.54, 1.807) is 0 Å². The van der Waals surface area contributed by atoms with E-state index in [9.17, 15) is 14.7 Å². The maximum Gasteiger partial charge on any atom is 0.310 e. The van der Waals surface area contributed by atoms with Crippen molar-refractivity contribution in [2.75, 3.05) is 6.61 Å². The molecule has 0 aromatic carbocycles. The van der Waals surface area contributed by atoms with E-state index in [1.165, 1.54) is 38.5 Å². The average Bonchev–Trinajstić information content (AvgIpc) is 2.59. The molecule has 0 heterocycles. The van der Waals surface area contributed by atoms with E-state index in [2.05, 4.69) is 13.8 Å². The summed E-state index contributed by atoms with van der Waals surface area (Å²) in [6, 6.07) is 0. The van der Waals surface area contributed by atoms with Crippen molar-refractivity contribution >= 4 is 11.9 Å². The first-order valence-electron chi connectivity index (χ1n) is 9.60. The first-order valence-corrected chi connectivity index (χ1v) is 9.60. The van der Waals surface area contributed by atoms with E-state index in [0.717, 1.165) is 18.8 Å². The second kappa shape index (κ2) is 12.1. The molecule has 1 rings (SSSR count). The van der Waals surface area contributed by atoms with Crippen LogP contribution in [0, 0.1) is 17.8 Å². The fraction of sp³-hybridized carbons (Fsp3) is 0.800. The van der Waals surface area contributed by atoms with E-state index in [0.29, 0.717) is 19.4 Å². The number of aliphatic carboxylic acids is 1. The maximum absolute atomic E-state index is 12.1. The van der Waals surface area contributed by atoms with Crippen molar-refractivity contribution in [2.45, 2.75) is 78.1 Å². The minimum absolute atomic E-state index is 0.347. The zero-order chi connectivity index (χ0) is 17.8. The number of rotatable bonds is 12. The molecular formula is C20H34O4. The topological polar surface area (TPSA) is 63.6 Å². The number of carboxylic acids is 1. The average molecular weight is 338 g/mol. The van der Waals surface area contributed by atoms with Gasteiger partial charge in [-0.05, 0) is 25.2 Å². The zero-order valence-electron chi connectivity index (χ0n) is 15.3. The Morgan fingerprint density at radius 2 is 1.62 bits per heavy atom. The monoisotopic (exact) mass is 338 g/mol. The first kappa shape index (κ1) is 20.7. The summed E-state index contributed by atoms with van der Waals surface area (Å²) in [5, 5.41) is 9.18. The molecular weight excluding hydrogens is 304 g/mol. The molecule has 1 aliphatic rings. The minimum Gasteiger partial charge on any atom is -0.481 e. The van der Waals surface area contributed by atoms with Gasteiger partial charge in [-0.1, -0.05) is 70.9 Å². The van der Waals surface area contributed by atoms with Crippen LogP contribution in [0.25, 0.3) is 0 Å². The summed E-state index contributed by atoms with van der Waals surface area (Å²) in [6.07, 6.45) is 14.2. The van der Waals surface area contributed by atoms with Crippen molar-refractivity contribution in [3.63, 3.8) is 0 Å². The molecule has 3 atom stereocenters. The second-order valence-corrected chi connectivity index (χ2v) is 7.08. The Morgan fingerprint density at radius 3 is 2.25 bits per heavy atom. The van der Waals surface area contributed by atoms with Crippen molar-refractivity contribution in [1.82, 2.24) is 0 Å². The van der Waals surface area contributed by atoms with Gasteiger partial charge in [-0.2, -0.15) is 0 Å². The van der Waals surface area contributed by atoms with E-state index < -0.39 is 17.8 Å². The Kier molecular flexibility index (Phi) is 10.4. The van der Waals surface area contributed by atoms with Gasteiger partial charge in [-0.15, -0.1) is 0 Å². The van der Waals surface area contributed by atoms with Crippen LogP contribution in [-0.4, -0.2) is 23.7 Å². The lowest BCUT2D eigenvalue weighted by atomic mass is 9.83. The predicted octanol–water partition coefficient (Wildman–Crippen LogP) is 4.97. The number of hydrogen-bond donors (Lipinski definition) is 1. The highest BCUT2D eigenvalue weighted by atomic mass is 16.5. The molecule has 138 valence electrons. The van der Waals surface area contributed by atoms with Gasteiger partial charge in [0.25, 0.3) is 0 Å². The summed E-state index contributed by atoms with van der Waals surface area (Å²) < 4.78 is 5.30. The van der Waals surface area contributed by atoms with Gasteiger partial charge >= 0.3 is 11.9 Å². The van der Waals surface area contributed by atoms with Crippen LogP contribution in [-0.2, 0) is 14.3 Å². The smallest absolute Gasteiger partial charge is 0.310 e. The Hall–Kier alpha value is -1.32. The molecule has 0 fully saturated rings. The van der Waals surface area contributed by atoms with Crippen LogP contribution in [0.2, 0.25) is 0 Å². The SMILES string of the molecule is CCC(C)CCCCCCCCOC(=O)C1CC=CCC1C(=O)O. The van der Waals surface area contributed by atoms with Gasteiger partial charge in [0.1, 0.15) is 0 Å². The summed E-state index contributed by atoms with van der Waals surface area (Å²) in [6.45, 7) is 4.97. The molecule has 0 aromatic rings. The number of allylic oxidation sites excluding steroid dienone is 2. The number of hydrogen-bond acceptors (Lipinski definition) is 3. The highest BCUT2D eigenvalue weighted by Gasteiger charge is 2.34. The summed E-state index contributed by atoms with van der Waals surface area (Å²) in [4.78, 5) is 23.3. The van der Waals surface area contributed by atoms with E-state index in [4.69, 9.17) is 4.74 Å². The van der Waals surface area contributed by atoms with E-state index >= 15 is 0 Å². The molecule has 0 saturated carbocycles. The lowest BCUT2D eigenvalue weighted by Crippen LogP contribution is -2.32. The molecule has 0 radical (unpaired) electrons. The largest absolute Gasteiger partial charge is 0.481 e. The van der Waals surface area contributed by atoms with Gasteiger partial charge in [0, 0.05) is 0 Å². The molecule has 0 spiro atoms. The van der Waals surface area contributed by atoms with Gasteiger partial charge in [0.15, 0.2) is 0 Å². The minimum atomic E-state index is -0.904. The van der Waals surface area contributed by atoms with Crippen LogP contribution in [0.4, 0.5) is 0 Å². The predicted molar refractivity (Wildman–Crippen MR) is 95.7 cm³/mol. The van der Waals surface area contributed by atoms with Crippen molar-refractivity contribution in [2.24, 2.45) is 17.8 Å². The number of ether oxygens (including phenoxy) is 1. The molecule has 0 bridgehead atoms. The Labute approximate surface area is 146 Å². The normalized spacial score (nSPS) is 21.4. The Bertz CT molecular complexity index is 402. The number of unbranched alkanes of at least 4 members (excludes halogenated alkanes) is 5. The van der Waals surface area contributed by atoms with Crippen LogP contribution in [0.1, 0.15) is 78.1 Å². The standard InChI is InChI=1S/C20H34O4/c1-3-16(2)12-8-6-4-5-7-11-15-24-20(23)18-14-10-9-13-17(18)19(21)22/h9-10,16-18H,3-8,11-15H2,1-2H3,(H,21,22). The van der Waals surface area contributed by atoms with E-state index in [1.807, 2.05) is 12.2 Å². The molecule has 4 nitrogen and oxygen atoms in total. The van der Waals surface area contributed by atoms with Crippen molar-refractivity contribution < 1.29 is 19.4 Å². The van der Waals surface area contributed by atoms with Crippen molar-refractivity contribution in [3.05, 3.63) is 12.2 Å². The summed E-state index contributed by atoms with van der Waals surface area (Å²) in [5.74, 6) is -1.56. The van der Waals surface area contributed by atoms with Crippen LogP contribution in [0.15, 0.2) is 12.2 Å². The first-order chi connectivity index (χ1) is 11.6. The highest BCUT2D eigenvalue weighted by molar-refractivity contribution is 5.81. The highest BCUT2D eigenvalue weighted by Crippen LogP contribution is 2.27. The lowest BCUT2D eigenvalue weighted by molar-refractivity contribution is -0.158. The van der Waals surface area contributed by atoms with Crippen molar-refractivity contribution in [1.29, 1.82) is 0 Å². The van der Waals surface area contributed by atoms with Gasteiger partial charge in [-0.3, -0.25) is 9.59 Å². The molecule has 1 N–H and O–H groups in total. The second-order valence-electron chi connectivity index (χ2n) is 7.08. The van der Waals surface area contributed by atoms with Gasteiger partial charge in [0.2, 0.25) is 0 Å². The quantitative estimate of drug-likeness (QED) is 0.310. The Balaban J connectivity index is 2.05. The van der Waals surface area contributed by atoms with Gasteiger partial charge < -0.3 is 9.84 Å². The molecule has 4 heteroatoms. The van der Waals surface area contributed by atoms with Crippen LogP contribution >= 0.6 is 0 Å². The van der Waals surface area contributed by atoms with Gasteiger partial charge in [-0.25, -0.2) is 0 Å². The Morgan fingerprint density at radius 1 is 1.04 bits per heavy atom. The number of esters is 1. The fourth-order valence-electron chi connectivity index (χ4n) is 3.13. The molecule has 0 aliphatic heterocycles. The van der Waals surface area contributed by atoms with E-state index in [-0.39, 0.29) is 5.97 Å². The summed E-state index contributed by atoms with van der Waals surface area (Å²) >= 11 is 0. The summed E-state index contributed by atoms with van der Waals surface area (Å²) in [7, 11) is 0. The number of carbonyl (C=O) groups excluding carboxylic acids is 1. The molecule has 0 aromatic heterocycles. The van der Waals surface area contributed by atoms with Gasteiger partial charge in [0.05, 0.1) is 18.4 Å². The fourth-order valence-corrected chi connectivity index (χ4v) is 3.13. The van der Waals surface area contributed by atoms with Crippen LogP contribution < -0.4 is 0 Å². The third kappa shape index (κ3) is 7.98. The van der Waals surface area contributed by atoms with Crippen LogP contribution in [0.5, 0.6) is 0 Å². The maximum atomic E-state index is 12.1.